The zero-order valence-electron chi connectivity index (χ0n) is 20.2. The molecule has 0 aliphatic heterocycles. The van der Waals surface area contributed by atoms with Crippen LogP contribution in [0.1, 0.15) is 21.0 Å². The molecule has 2 heterocycles. The lowest BCUT2D eigenvalue weighted by Crippen LogP contribution is -2.63. The summed E-state index contributed by atoms with van der Waals surface area (Å²) in [6.07, 6.45) is 4.53. The van der Waals surface area contributed by atoms with Gasteiger partial charge in [-0.15, -0.1) is 0 Å². The van der Waals surface area contributed by atoms with Crippen LogP contribution < -0.4 is 34.4 Å². The molecule has 2 aromatic rings. The van der Waals surface area contributed by atoms with Crippen molar-refractivity contribution < 1.29 is 9.59 Å². The molecule has 2 atom stereocenters. The van der Waals surface area contributed by atoms with E-state index in [9.17, 15) is 9.59 Å². The van der Waals surface area contributed by atoms with Crippen LogP contribution in [0.2, 0.25) is 10.3 Å². The molecule has 2 amide bonds. The van der Waals surface area contributed by atoms with Gasteiger partial charge < -0.3 is 34.4 Å². The largest absolute Gasteiger partial charge is 0.382 e. The molecule has 0 spiro atoms. The molecule has 20 heteroatoms. The topological polar surface area (TPSA) is 296 Å². The monoisotopic (exact) mass is 718 g/mol. The molecular formula is C20H22Br2Cl2N14O2. The van der Waals surface area contributed by atoms with Crippen molar-refractivity contribution >= 4 is 102 Å². The first kappa shape index (κ1) is 30.8. The Bertz CT molecular complexity index is 1490. The summed E-state index contributed by atoms with van der Waals surface area (Å²) < 4.78 is 0. The second-order valence-corrected chi connectivity index (χ2v) is 10.0. The highest BCUT2D eigenvalue weighted by atomic mass is 79.9. The van der Waals surface area contributed by atoms with Gasteiger partial charge >= 0.3 is 0 Å². The van der Waals surface area contributed by atoms with Crippen LogP contribution in [0.5, 0.6) is 0 Å². The second kappa shape index (κ2) is 11.8. The van der Waals surface area contributed by atoms with E-state index in [-0.39, 0.29) is 49.9 Å². The van der Waals surface area contributed by atoms with E-state index in [4.69, 9.17) is 68.4 Å². The summed E-state index contributed by atoms with van der Waals surface area (Å²) in [5, 5.41) is 15.9. The molecule has 1 aliphatic carbocycles. The molecule has 0 aromatic carbocycles. The number of anilines is 4. The number of hydrogen-bond donors (Lipinski definition) is 8. The smallest absolute Gasteiger partial charge is 0.287 e. The first-order chi connectivity index (χ1) is 18.7. The Labute approximate surface area is 253 Å². The molecule has 2 aromatic heterocycles. The number of rotatable bonds is 6. The van der Waals surface area contributed by atoms with E-state index in [1.165, 1.54) is 12.2 Å². The first-order valence-corrected chi connectivity index (χ1v) is 13.8. The van der Waals surface area contributed by atoms with Crippen LogP contribution in [0.15, 0.2) is 23.9 Å². The minimum absolute atomic E-state index is 0.0406. The Balaban J connectivity index is 2.19. The Hall–Kier alpha value is -3.74. The van der Waals surface area contributed by atoms with Gasteiger partial charge in [-0.2, -0.15) is 0 Å². The predicted octanol–water partition coefficient (Wildman–Crippen LogP) is 0.872. The highest BCUT2D eigenvalue weighted by Crippen LogP contribution is 2.41. The van der Waals surface area contributed by atoms with Crippen molar-refractivity contribution in [2.75, 3.05) is 33.6 Å². The number of nitrogen functional groups attached to an aromatic ring is 4. The maximum atomic E-state index is 13.8. The summed E-state index contributed by atoms with van der Waals surface area (Å²) in [6, 6.07) is 0. The van der Waals surface area contributed by atoms with Crippen molar-refractivity contribution in [1.82, 2.24) is 29.7 Å². The molecule has 0 radical (unpaired) electrons. The molecule has 40 heavy (non-hydrogen) atoms. The number of alkyl halides is 2. The third-order valence-corrected chi connectivity index (χ3v) is 7.86. The maximum absolute atomic E-state index is 13.8. The van der Waals surface area contributed by atoms with Gasteiger partial charge in [-0.05, 0) is 6.08 Å². The number of nitrogens with zero attached hydrogens (tertiary/aromatic N) is 6. The SMILES string of the molecule is N=C(N)N(C(=O)c1nc(Cl)c(N)nc1N)C1=CC=CC(CBr)(N(C(=N)N)C(=O)c2nc(Cl)c(N)nc2N)C1CBr. The number of carbonyl (C=O) groups is 2. The van der Waals surface area contributed by atoms with E-state index in [1.54, 1.807) is 6.08 Å². The zero-order chi connectivity index (χ0) is 30.1. The molecule has 0 saturated carbocycles. The fourth-order valence-corrected chi connectivity index (χ4v) is 5.95. The third kappa shape index (κ3) is 5.34. The molecule has 212 valence electrons. The molecular weight excluding hydrogens is 699 g/mol. The van der Waals surface area contributed by atoms with Crippen molar-refractivity contribution in [3.63, 3.8) is 0 Å². The fourth-order valence-electron chi connectivity index (χ4n) is 3.97. The van der Waals surface area contributed by atoms with Crippen LogP contribution >= 0.6 is 55.1 Å². The van der Waals surface area contributed by atoms with Gasteiger partial charge in [0.15, 0.2) is 56.9 Å². The molecule has 0 bridgehead atoms. The zero-order valence-corrected chi connectivity index (χ0v) is 24.9. The van der Waals surface area contributed by atoms with Gasteiger partial charge in [-0.1, -0.05) is 67.2 Å². The van der Waals surface area contributed by atoms with Crippen molar-refractivity contribution in [3.05, 3.63) is 45.6 Å². The first-order valence-electron chi connectivity index (χ1n) is 10.8. The van der Waals surface area contributed by atoms with E-state index in [2.05, 4.69) is 51.8 Å². The lowest BCUT2D eigenvalue weighted by molar-refractivity contribution is 0.0695. The summed E-state index contributed by atoms with van der Waals surface area (Å²) in [6.45, 7) is 0. The van der Waals surface area contributed by atoms with E-state index < -0.39 is 46.6 Å². The van der Waals surface area contributed by atoms with Gasteiger partial charge in [0.25, 0.3) is 11.8 Å². The average Bonchev–Trinajstić information content (AvgIpc) is 2.87. The number of amides is 2. The number of hydrogen-bond acceptors (Lipinski definition) is 12. The van der Waals surface area contributed by atoms with E-state index in [0.717, 1.165) is 9.80 Å². The van der Waals surface area contributed by atoms with Gasteiger partial charge in [0.1, 0.15) is 0 Å². The Morgan fingerprint density at radius 1 is 0.875 bits per heavy atom. The molecule has 0 saturated heterocycles. The minimum atomic E-state index is -1.51. The summed E-state index contributed by atoms with van der Waals surface area (Å²) in [7, 11) is 0. The second-order valence-electron chi connectivity index (χ2n) is 8.10. The molecule has 14 N–H and O–H groups in total. The van der Waals surface area contributed by atoms with Crippen molar-refractivity contribution in [2.45, 2.75) is 5.54 Å². The number of allylic oxidation sites excluding steroid dienone is 2. The third-order valence-electron chi connectivity index (χ3n) is 5.76. The van der Waals surface area contributed by atoms with Crippen molar-refractivity contribution in [1.29, 1.82) is 10.8 Å². The van der Waals surface area contributed by atoms with E-state index in [1.807, 2.05) is 0 Å². The number of carbonyl (C=O) groups excluding carboxylic acids is 2. The average molecular weight is 721 g/mol. The lowest BCUT2D eigenvalue weighted by Gasteiger charge is -2.48. The van der Waals surface area contributed by atoms with Crippen molar-refractivity contribution in [2.24, 2.45) is 17.4 Å². The Morgan fingerprint density at radius 2 is 1.38 bits per heavy atom. The van der Waals surface area contributed by atoms with Crippen LogP contribution in [0, 0.1) is 16.7 Å². The number of nitrogens with two attached hydrogens (primary N) is 6. The van der Waals surface area contributed by atoms with Crippen LogP contribution in [-0.2, 0) is 0 Å². The minimum Gasteiger partial charge on any atom is -0.382 e. The summed E-state index contributed by atoms with van der Waals surface area (Å²) in [4.78, 5) is 44.6. The highest BCUT2D eigenvalue weighted by molar-refractivity contribution is 9.09. The van der Waals surface area contributed by atoms with E-state index in [0.29, 0.717) is 0 Å². The van der Waals surface area contributed by atoms with Gasteiger partial charge in [0, 0.05) is 22.3 Å². The van der Waals surface area contributed by atoms with Gasteiger partial charge in [0.05, 0.1) is 5.54 Å². The number of halogens is 4. The lowest BCUT2D eigenvalue weighted by atomic mass is 9.78. The fraction of sp³-hybridized carbons (Fsp3) is 0.200. The summed E-state index contributed by atoms with van der Waals surface area (Å²) >= 11 is 18.8. The molecule has 16 nitrogen and oxygen atoms in total. The van der Waals surface area contributed by atoms with Crippen LogP contribution in [0.4, 0.5) is 23.3 Å². The summed E-state index contributed by atoms with van der Waals surface area (Å²) in [5.41, 5.74) is 32.5. The quantitative estimate of drug-likeness (QED) is 0.117. The van der Waals surface area contributed by atoms with E-state index >= 15 is 0 Å². The normalized spacial score (nSPS) is 18.1. The number of nitrogens with one attached hydrogen (secondary N) is 2. The van der Waals surface area contributed by atoms with Crippen LogP contribution in [0.25, 0.3) is 0 Å². The summed E-state index contributed by atoms with van der Waals surface area (Å²) in [5.74, 6) is -5.38. The van der Waals surface area contributed by atoms with Gasteiger partial charge in [-0.3, -0.25) is 25.3 Å². The molecule has 1 aliphatic rings. The molecule has 0 fully saturated rings. The van der Waals surface area contributed by atoms with Crippen LogP contribution in [-0.4, -0.2) is 69.7 Å². The highest BCUT2D eigenvalue weighted by Gasteiger charge is 2.50. The van der Waals surface area contributed by atoms with Gasteiger partial charge in [-0.25, -0.2) is 24.8 Å². The van der Waals surface area contributed by atoms with Crippen LogP contribution in [0.3, 0.4) is 0 Å². The predicted molar refractivity (Wildman–Crippen MR) is 159 cm³/mol. The standard InChI is InChI=1S/C20H22Br2Cl2N14O2/c21-4-6-7(37(18(29)30)16(39)8-12(25)35-14(27)10(23)33-8)2-1-3-20(6,5-22)38(19(31)32)17(40)9-13(26)36-15(28)11(24)34-9/h1-3,6H,4-5H2,(H3,29,30)(H3,31,32)(H4,25,27,35)(H4,26,28,36). The molecule has 3 rings (SSSR count). The Kier molecular flexibility index (Phi) is 9.07. The van der Waals surface area contributed by atoms with Crippen molar-refractivity contribution in [3.8, 4) is 0 Å². The number of guanidine groups is 2. The maximum Gasteiger partial charge on any atom is 0.287 e. The number of aromatic nitrogens is 4. The Morgan fingerprint density at radius 3 is 1.80 bits per heavy atom. The van der Waals surface area contributed by atoms with Gasteiger partial charge in [0.2, 0.25) is 0 Å². The molecule has 2 unspecified atom stereocenters.